The van der Waals surface area contributed by atoms with Gasteiger partial charge in [-0.05, 0) is 47.9 Å². The third-order valence-corrected chi connectivity index (χ3v) is 6.27. The van der Waals surface area contributed by atoms with Crippen LogP contribution in [0.15, 0.2) is 41.4 Å². The molecule has 146 valence electrons. The van der Waals surface area contributed by atoms with Crippen molar-refractivity contribution < 1.29 is 14.3 Å². The molecule has 29 heavy (non-hydrogen) atoms. The number of hydrogen-bond donors (Lipinski definition) is 1. The molecule has 2 aromatic carbocycles. The number of carbonyl (C=O) groups is 1. The lowest BCUT2D eigenvalue weighted by molar-refractivity contribution is -0.126. The minimum Gasteiger partial charge on any atom is -0.490 e. The summed E-state index contributed by atoms with van der Waals surface area (Å²) in [4.78, 5) is 16.9. The van der Waals surface area contributed by atoms with Crippen LogP contribution < -0.4 is 10.5 Å². The molecule has 0 saturated heterocycles. The van der Waals surface area contributed by atoms with Crippen molar-refractivity contribution in [3.05, 3.63) is 52.5 Å². The molecule has 2 N–H and O–H groups in total. The number of nitriles is 1. The fourth-order valence-corrected chi connectivity index (χ4v) is 4.94. The maximum absolute atomic E-state index is 12.2. The standard InChI is InChI=1S/C22H18ClN3O3/c23-15-6-12(10-24)5-14(7-15)13-1-3-19-17(8-13)22(11-28-21(25)26-22)18-9-16(27)2-4-20(18)29-19/h1,3,5-8,18,20H,2,4,9,11H2,(H2,25,26)/t18-,20-,22+/m1/s1. The first kappa shape index (κ1) is 18.0. The number of ketones is 1. The predicted octanol–water partition coefficient (Wildman–Crippen LogP) is 3.55. The van der Waals surface area contributed by atoms with Crippen molar-refractivity contribution in [2.45, 2.75) is 30.9 Å². The number of rotatable bonds is 1. The summed E-state index contributed by atoms with van der Waals surface area (Å²) in [6, 6.07) is 13.3. The maximum atomic E-state index is 12.2. The SMILES string of the molecule is N#Cc1cc(Cl)cc(-c2ccc3c(c2)[C@@]2(COC(N)=N2)[C@@H]2CC(=O)CC[C@H]2O3)c1. The number of ether oxygens (including phenoxy) is 2. The molecule has 1 saturated carbocycles. The van der Waals surface area contributed by atoms with Gasteiger partial charge in [0.05, 0.1) is 11.6 Å². The molecule has 0 unspecified atom stereocenters. The van der Waals surface area contributed by atoms with E-state index in [-0.39, 0.29) is 30.4 Å². The second kappa shape index (κ2) is 6.50. The summed E-state index contributed by atoms with van der Waals surface area (Å²) in [6.45, 7) is 0.284. The molecular weight excluding hydrogens is 390 g/mol. The van der Waals surface area contributed by atoms with E-state index in [1.807, 2.05) is 24.3 Å². The highest BCUT2D eigenvalue weighted by molar-refractivity contribution is 6.31. The summed E-state index contributed by atoms with van der Waals surface area (Å²) in [7, 11) is 0. The van der Waals surface area contributed by atoms with E-state index in [1.165, 1.54) is 0 Å². The van der Waals surface area contributed by atoms with Crippen LogP contribution in [0.3, 0.4) is 0 Å². The Morgan fingerprint density at radius 3 is 2.86 bits per heavy atom. The molecule has 3 aliphatic rings. The average Bonchev–Trinajstić information content (AvgIpc) is 3.10. The van der Waals surface area contributed by atoms with E-state index in [0.717, 1.165) is 22.4 Å². The van der Waals surface area contributed by atoms with Crippen LogP contribution in [0.2, 0.25) is 5.02 Å². The highest BCUT2D eigenvalue weighted by Gasteiger charge is 2.55. The minimum absolute atomic E-state index is 0.0966. The Balaban J connectivity index is 1.67. The third kappa shape index (κ3) is 2.85. The number of Topliss-reactive ketones (excluding diaryl/α,β-unsaturated/α-hetero) is 1. The second-order valence-corrected chi connectivity index (χ2v) is 8.20. The first-order chi connectivity index (χ1) is 14.0. The van der Waals surface area contributed by atoms with Crippen molar-refractivity contribution >= 4 is 23.4 Å². The Morgan fingerprint density at radius 2 is 2.10 bits per heavy atom. The minimum atomic E-state index is -0.745. The number of aliphatic imine (C=N–C) groups is 1. The number of amidine groups is 1. The number of nitrogens with two attached hydrogens (primary N) is 1. The van der Waals surface area contributed by atoms with E-state index < -0.39 is 5.54 Å². The van der Waals surface area contributed by atoms with Crippen molar-refractivity contribution in [2.75, 3.05) is 6.61 Å². The van der Waals surface area contributed by atoms with Gasteiger partial charge in [-0.25, -0.2) is 4.99 Å². The van der Waals surface area contributed by atoms with Crippen molar-refractivity contribution in [3.63, 3.8) is 0 Å². The molecule has 5 rings (SSSR count). The van der Waals surface area contributed by atoms with Crippen molar-refractivity contribution in [3.8, 4) is 22.9 Å². The molecule has 0 radical (unpaired) electrons. The zero-order valence-electron chi connectivity index (χ0n) is 15.5. The lowest BCUT2D eigenvalue weighted by atomic mass is 9.68. The Bertz CT molecular complexity index is 1110. The molecule has 2 heterocycles. The highest BCUT2D eigenvalue weighted by atomic mass is 35.5. The molecule has 0 aromatic heterocycles. The van der Waals surface area contributed by atoms with Crippen LogP contribution in [0.1, 0.15) is 30.4 Å². The zero-order valence-corrected chi connectivity index (χ0v) is 16.3. The number of nitrogens with zero attached hydrogens (tertiary/aromatic N) is 2. The number of carbonyl (C=O) groups excluding carboxylic acids is 1. The van der Waals surface area contributed by atoms with E-state index in [9.17, 15) is 10.1 Å². The second-order valence-electron chi connectivity index (χ2n) is 7.76. The molecule has 7 heteroatoms. The van der Waals surface area contributed by atoms with Gasteiger partial charge in [-0.1, -0.05) is 17.7 Å². The largest absolute Gasteiger partial charge is 0.490 e. The summed E-state index contributed by atoms with van der Waals surface area (Å²) in [5.41, 5.74) is 8.21. The monoisotopic (exact) mass is 407 g/mol. The van der Waals surface area contributed by atoms with Crippen LogP contribution in [0.25, 0.3) is 11.1 Å². The first-order valence-electron chi connectivity index (χ1n) is 9.50. The van der Waals surface area contributed by atoms with Gasteiger partial charge in [0, 0.05) is 29.3 Å². The van der Waals surface area contributed by atoms with Crippen molar-refractivity contribution in [1.82, 2.24) is 0 Å². The molecule has 6 nitrogen and oxygen atoms in total. The Morgan fingerprint density at radius 1 is 1.24 bits per heavy atom. The third-order valence-electron chi connectivity index (χ3n) is 6.05. The maximum Gasteiger partial charge on any atom is 0.283 e. The molecule has 1 aliphatic carbocycles. The van der Waals surface area contributed by atoms with Gasteiger partial charge in [-0.15, -0.1) is 0 Å². The Labute approximate surface area is 172 Å². The molecule has 0 bridgehead atoms. The van der Waals surface area contributed by atoms with E-state index in [0.29, 0.717) is 29.8 Å². The summed E-state index contributed by atoms with van der Waals surface area (Å²) >= 11 is 6.20. The predicted molar refractivity (Wildman–Crippen MR) is 108 cm³/mol. The summed E-state index contributed by atoms with van der Waals surface area (Å²) < 4.78 is 11.9. The van der Waals surface area contributed by atoms with Crippen LogP contribution in [-0.2, 0) is 15.1 Å². The van der Waals surface area contributed by atoms with Crippen LogP contribution >= 0.6 is 11.6 Å². The molecule has 1 fully saturated rings. The normalized spacial score (nSPS) is 27.3. The van der Waals surface area contributed by atoms with Gasteiger partial charge in [0.15, 0.2) is 0 Å². The van der Waals surface area contributed by atoms with Gasteiger partial charge < -0.3 is 15.2 Å². The molecule has 2 aliphatic heterocycles. The molecule has 2 aromatic rings. The molecular formula is C22H18ClN3O3. The molecule has 1 spiro atoms. The van der Waals surface area contributed by atoms with Gasteiger partial charge in [0.2, 0.25) is 0 Å². The van der Waals surface area contributed by atoms with Gasteiger partial charge in [0.25, 0.3) is 6.02 Å². The molecule has 3 atom stereocenters. The van der Waals surface area contributed by atoms with Crippen molar-refractivity contribution in [1.29, 1.82) is 5.26 Å². The van der Waals surface area contributed by atoms with Gasteiger partial charge in [-0.2, -0.15) is 5.26 Å². The Hall–Kier alpha value is -3.04. The summed E-state index contributed by atoms with van der Waals surface area (Å²) in [5.74, 6) is 0.818. The van der Waals surface area contributed by atoms with E-state index in [1.54, 1.807) is 12.1 Å². The van der Waals surface area contributed by atoms with Gasteiger partial charge in [-0.3, -0.25) is 4.79 Å². The number of hydrogen-bond acceptors (Lipinski definition) is 6. The van der Waals surface area contributed by atoms with E-state index in [2.05, 4.69) is 11.1 Å². The zero-order chi connectivity index (χ0) is 20.2. The lowest BCUT2D eigenvalue weighted by Gasteiger charge is -2.45. The van der Waals surface area contributed by atoms with Crippen LogP contribution in [-0.4, -0.2) is 24.5 Å². The summed E-state index contributed by atoms with van der Waals surface area (Å²) in [6.07, 6.45) is 1.48. The summed E-state index contributed by atoms with van der Waals surface area (Å²) in [5, 5.41) is 9.76. The van der Waals surface area contributed by atoms with Gasteiger partial charge >= 0.3 is 0 Å². The van der Waals surface area contributed by atoms with E-state index >= 15 is 0 Å². The number of fused-ring (bicyclic) bond motifs is 4. The molecule has 0 amide bonds. The van der Waals surface area contributed by atoms with Gasteiger partial charge in [0.1, 0.15) is 29.8 Å². The lowest BCUT2D eigenvalue weighted by Crippen LogP contribution is -2.51. The first-order valence-corrected chi connectivity index (χ1v) is 9.88. The Kier molecular flexibility index (Phi) is 4.04. The van der Waals surface area contributed by atoms with E-state index in [4.69, 9.17) is 26.8 Å². The fraction of sp³-hybridized carbons (Fsp3) is 0.318. The van der Waals surface area contributed by atoms with Crippen LogP contribution in [0.5, 0.6) is 5.75 Å². The smallest absolute Gasteiger partial charge is 0.283 e. The van der Waals surface area contributed by atoms with Crippen molar-refractivity contribution in [2.24, 2.45) is 16.6 Å². The average molecular weight is 408 g/mol. The van der Waals surface area contributed by atoms with Crippen LogP contribution in [0, 0.1) is 17.2 Å². The van der Waals surface area contributed by atoms with Crippen LogP contribution in [0.4, 0.5) is 0 Å². The topological polar surface area (TPSA) is 97.7 Å². The fourth-order valence-electron chi connectivity index (χ4n) is 4.71. The number of halogens is 1. The quantitative estimate of drug-likeness (QED) is 0.779. The highest BCUT2D eigenvalue weighted by Crippen LogP contribution is 2.52. The number of benzene rings is 2.